The van der Waals surface area contributed by atoms with Crippen molar-refractivity contribution < 1.29 is 28.6 Å². The molecule has 0 N–H and O–H groups in total. The van der Waals surface area contributed by atoms with Crippen LogP contribution in [-0.4, -0.2) is 61.3 Å². The zero-order chi connectivity index (χ0) is 14.6. The van der Waals surface area contributed by atoms with Crippen LogP contribution < -0.4 is 0 Å². The lowest BCUT2D eigenvalue weighted by atomic mass is 10.2. The summed E-state index contributed by atoms with van der Waals surface area (Å²) in [7, 11) is 1.22. The van der Waals surface area contributed by atoms with Crippen molar-refractivity contribution in [3.8, 4) is 0 Å². The van der Waals surface area contributed by atoms with E-state index in [0.29, 0.717) is 0 Å². The zero-order valence-electron chi connectivity index (χ0n) is 11.6. The van der Waals surface area contributed by atoms with Crippen LogP contribution >= 0.6 is 0 Å². The lowest BCUT2D eigenvalue weighted by Crippen LogP contribution is -2.43. The molecule has 0 aromatic rings. The molecular weight excluding hydrogens is 254 g/mol. The zero-order valence-corrected chi connectivity index (χ0v) is 11.6. The molecule has 7 nitrogen and oxygen atoms in total. The van der Waals surface area contributed by atoms with Gasteiger partial charge in [0.1, 0.15) is 12.2 Å². The number of hydrogen-bond donors (Lipinski definition) is 0. The topological polar surface area (TPSA) is 82.1 Å². The van der Waals surface area contributed by atoms with E-state index in [1.165, 1.54) is 7.11 Å². The van der Waals surface area contributed by atoms with Gasteiger partial charge in [-0.1, -0.05) is 0 Å². The Balaban J connectivity index is 2.77. The van der Waals surface area contributed by atoms with Gasteiger partial charge < -0.3 is 14.2 Å². The highest BCUT2D eigenvalue weighted by molar-refractivity contribution is 5.87. The van der Waals surface area contributed by atoms with Crippen molar-refractivity contribution in [3.63, 3.8) is 0 Å². The average Bonchev–Trinajstić information content (AvgIpc) is 2.48. The van der Waals surface area contributed by atoms with E-state index in [0.717, 1.165) is 4.90 Å². The molecule has 0 aromatic heterocycles. The van der Waals surface area contributed by atoms with Crippen LogP contribution in [0.1, 0.15) is 20.8 Å². The maximum atomic E-state index is 11.9. The SMILES string of the molecule is COC(=O)C1CN(C(=O)OC(C)(C)C)CC(=O)CO1. The molecule has 0 spiro atoms. The largest absolute Gasteiger partial charge is 0.467 e. The van der Waals surface area contributed by atoms with Crippen molar-refractivity contribution in [3.05, 3.63) is 0 Å². The van der Waals surface area contributed by atoms with Crippen molar-refractivity contribution in [2.75, 3.05) is 26.8 Å². The predicted octanol–water partition coefficient (Wildman–Crippen LogP) is 0.364. The number of amides is 1. The molecule has 1 fully saturated rings. The number of carbonyl (C=O) groups is 3. The molecule has 1 heterocycles. The molecule has 0 radical (unpaired) electrons. The fraction of sp³-hybridized carbons (Fsp3) is 0.750. The summed E-state index contributed by atoms with van der Waals surface area (Å²) in [5, 5.41) is 0. The number of carbonyl (C=O) groups excluding carboxylic acids is 3. The Morgan fingerprint density at radius 1 is 1.37 bits per heavy atom. The third-order valence-electron chi connectivity index (χ3n) is 2.31. The fourth-order valence-electron chi connectivity index (χ4n) is 1.51. The quantitative estimate of drug-likeness (QED) is 0.642. The van der Waals surface area contributed by atoms with Gasteiger partial charge in [0.05, 0.1) is 20.2 Å². The second-order valence-electron chi connectivity index (χ2n) is 5.22. The highest BCUT2D eigenvalue weighted by Crippen LogP contribution is 2.13. The summed E-state index contributed by atoms with van der Waals surface area (Å²) in [6, 6.07) is 0. The van der Waals surface area contributed by atoms with E-state index in [-0.39, 0.29) is 25.5 Å². The molecule has 1 rings (SSSR count). The average molecular weight is 273 g/mol. The van der Waals surface area contributed by atoms with Gasteiger partial charge in [-0.15, -0.1) is 0 Å². The maximum absolute atomic E-state index is 11.9. The fourth-order valence-corrected chi connectivity index (χ4v) is 1.51. The van der Waals surface area contributed by atoms with E-state index in [1.54, 1.807) is 20.8 Å². The first kappa shape index (κ1) is 15.4. The van der Waals surface area contributed by atoms with Gasteiger partial charge in [-0.2, -0.15) is 0 Å². The van der Waals surface area contributed by atoms with Crippen LogP contribution in [0.2, 0.25) is 0 Å². The first-order valence-corrected chi connectivity index (χ1v) is 5.92. The summed E-state index contributed by atoms with van der Waals surface area (Å²) in [6.07, 6.45) is -1.62. The Kier molecular flexibility index (Phi) is 4.88. The van der Waals surface area contributed by atoms with Crippen LogP contribution in [0.4, 0.5) is 4.79 Å². The Morgan fingerprint density at radius 2 is 2.00 bits per heavy atom. The predicted molar refractivity (Wildman–Crippen MR) is 64.6 cm³/mol. The molecule has 7 heteroatoms. The minimum atomic E-state index is -0.969. The van der Waals surface area contributed by atoms with Gasteiger partial charge in [0.2, 0.25) is 0 Å². The summed E-state index contributed by atoms with van der Waals surface area (Å²) in [5.74, 6) is -0.916. The van der Waals surface area contributed by atoms with Gasteiger partial charge in [-0.05, 0) is 20.8 Å². The minimum absolute atomic E-state index is 0.0622. The molecule has 19 heavy (non-hydrogen) atoms. The van der Waals surface area contributed by atoms with Crippen molar-refractivity contribution in [2.24, 2.45) is 0 Å². The van der Waals surface area contributed by atoms with E-state index < -0.39 is 23.8 Å². The number of ether oxygens (including phenoxy) is 3. The van der Waals surface area contributed by atoms with Crippen molar-refractivity contribution in [2.45, 2.75) is 32.5 Å². The standard InChI is InChI=1S/C12H19NO6/c1-12(2,3)19-11(16)13-5-8(14)7-18-9(6-13)10(15)17-4/h9H,5-7H2,1-4H3. The van der Waals surface area contributed by atoms with E-state index in [2.05, 4.69) is 4.74 Å². The van der Waals surface area contributed by atoms with Crippen LogP contribution in [0.25, 0.3) is 0 Å². The molecule has 1 aliphatic heterocycles. The third kappa shape index (κ3) is 4.86. The Morgan fingerprint density at radius 3 is 2.53 bits per heavy atom. The number of methoxy groups -OCH3 is 1. The van der Waals surface area contributed by atoms with Crippen LogP contribution in [0.15, 0.2) is 0 Å². The molecule has 0 bridgehead atoms. The Bertz CT molecular complexity index is 373. The Labute approximate surface area is 111 Å². The number of ketones is 1. The molecule has 1 atom stereocenters. The van der Waals surface area contributed by atoms with Crippen molar-refractivity contribution >= 4 is 17.8 Å². The number of esters is 1. The van der Waals surface area contributed by atoms with Crippen LogP contribution in [-0.2, 0) is 23.8 Å². The summed E-state index contributed by atoms with van der Waals surface area (Å²) < 4.78 is 14.8. The van der Waals surface area contributed by atoms with Crippen LogP contribution in [0.5, 0.6) is 0 Å². The highest BCUT2D eigenvalue weighted by atomic mass is 16.6. The Hall–Kier alpha value is -1.63. The summed E-state index contributed by atoms with van der Waals surface area (Å²) in [6.45, 7) is 4.74. The van der Waals surface area contributed by atoms with Gasteiger partial charge in [-0.3, -0.25) is 9.69 Å². The number of hydrogen-bond acceptors (Lipinski definition) is 6. The van der Waals surface area contributed by atoms with Crippen LogP contribution in [0.3, 0.4) is 0 Å². The molecule has 0 aromatic carbocycles. The number of rotatable bonds is 1. The van der Waals surface area contributed by atoms with E-state index in [4.69, 9.17) is 9.47 Å². The maximum Gasteiger partial charge on any atom is 0.410 e. The number of nitrogens with zero attached hydrogens (tertiary/aromatic N) is 1. The van der Waals surface area contributed by atoms with E-state index >= 15 is 0 Å². The normalized spacial score (nSPS) is 20.7. The molecule has 108 valence electrons. The number of Topliss-reactive ketones (excluding diaryl/α,β-unsaturated/α-hetero) is 1. The van der Waals surface area contributed by atoms with Gasteiger partial charge in [0, 0.05) is 0 Å². The molecule has 0 aliphatic carbocycles. The smallest absolute Gasteiger partial charge is 0.410 e. The lowest BCUT2D eigenvalue weighted by Gasteiger charge is -2.26. The highest BCUT2D eigenvalue weighted by Gasteiger charge is 2.33. The van der Waals surface area contributed by atoms with Gasteiger partial charge >= 0.3 is 12.1 Å². The summed E-state index contributed by atoms with van der Waals surface area (Å²) >= 11 is 0. The third-order valence-corrected chi connectivity index (χ3v) is 2.31. The molecular formula is C12H19NO6. The summed E-state index contributed by atoms with van der Waals surface area (Å²) in [4.78, 5) is 36.0. The van der Waals surface area contributed by atoms with Gasteiger partial charge in [-0.25, -0.2) is 9.59 Å². The van der Waals surface area contributed by atoms with Crippen LogP contribution in [0, 0.1) is 0 Å². The molecule has 1 aliphatic rings. The van der Waals surface area contributed by atoms with Crippen molar-refractivity contribution in [1.29, 1.82) is 0 Å². The first-order valence-electron chi connectivity index (χ1n) is 5.92. The second kappa shape index (κ2) is 6.01. The summed E-state index contributed by atoms with van der Waals surface area (Å²) in [5.41, 5.74) is -0.673. The monoisotopic (exact) mass is 273 g/mol. The second-order valence-corrected chi connectivity index (χ2v) is 5.22. The molecule has 1 saturated heterocycles. The van der Waals surface area contributed by atoms with E-state index in [1.807, 2.05) is 0 Å². The molecule has 0 saturated carbocycles. The minimum Gasteiger partial charge on any atom is -0.467 e. The first-order chi connectivity index (χ1) is 8.73. The lowest BCUT2D eigenvalue weighted by molar-refractivity contribution is -0.154. The van der Waals surface area contributed by atoms with Gasteiger partial charge in [0.25, 0.3) is 0 Å². The van der Waals surface area contributed by atoms with Crippen molar-refractivity contribution in [1.82, 2.24) is 4.90 Å². The van der Waals surface area contributed by atoms with Gasteiger partial charge in [0.15, 0.2) is 11.9 Å². The molecule has 1 amide bonds. The molecule has 1 unspecified atom stereocenters. The van der Waals surface area contributed by atoms with E-state index in [9.17, 15) is 14.4 Å².